The third kappa shape index (κ3) is 5.52. The number of aromatic nitrogens is 2. The maximum absolute atomic E-state index is 12.3. The Morgan fingerprint density at radius 3 is 2.62 bits per heavy atom. The number of hydrogen-bond donors (Lipinski definition) is 3. The lowest BCUT2D eigenvalue weighted by Gasteiger charge is -2.26. The lowest BCUT2D eigenvalue weighted by atomic mass is 10.1. The summed E-state index contributed by atoms with van der Waals surface area (Å²) in [6.45, 7) is 3.36. The molecule has 1 saturated heterocycles. The average Bonchev–Trinajstić information content (AvgIpc) is 2.73. The molecule has 1 aliphatic heterocycles. The molecular formula is C18H22ClN7O3. The highest BCUT2D eigenvalue weighted by Gasteiger charge is 2.24. The summed E-state index contributed by atoms with van der Waals surface area (Å²) in [5, 5.41) is 14.8. The number of nitrogens with one attached hydrogen (secondary N) is 3. The molecule has 0 unspecified atom stereocenters. The van der Waals surface area contributed by atoms with E-state index in [0.29, 0.717) is 6.54 Å². The number of carbonyl (C=O) groups excluding carboxylic acids is 1. The molecule has 2 aromatic rings. The first-order valence-corrected chi connectivity index (χ1v) is 9.70. The Kier molecular flexibility index (Phi) is 7.14. The Hall–Kier alpha value is -2.98. The number of rotatable bonds is 8. The Balaban J connectivity index is 1.65. The van der Waals surface area contributed by atoms with E-state index < -0.39 is 10.8 Å². The average molecular weight is 420 g/mol. The van der Waals surface area contributed by atoms with Crippen molar-refractivity contribution >= 4 is 34.8 Å². The van der Waals surface area contributed by atoms with Gasteiger partial charge in [0.2, 0.25) is 11.6 Å². The molecule has 1 amide bonds. The second kappa shape index (κ2) is 9.99. The molecule has 0 radical (unpaired) electrons. The number of hydrogen-bond acceptors (Lipinski definition) is 8. The van der Waals surface area contributed by atoms with Gasteiger partial charge < -0.3 is 10.2 Å². The summed E-state index contributed by atoms with van der Waals surface area (Å²) >= 11 is 5.99. The lowest BCUT2D eigenvalue weighted by Crippen LogP contribution is -2.34. The van der Waals surface area contributed by atoms with Crippen LogP contribution < -0.4 is 16.2 Å². The standard InChI is InChI=1S/C18H22ClN7O3/c19-14-7-3-2-6-13(14)18(27)24-23-17-15(26(28)29)16(21-12-22-17)20-8-11-25-9-4-1-5-10-25/h2-3,6-7,12H,1,4-5,8-11H2,(H,24,27)(H2,20,21,22,23). The number of hydrazine groups is 1. The van der Waals surface area contributed by atoms with E-state index in [1.54, 1.807) is 24.3 Å². The van der Waals surface area contributed by atoms with Crippen LogP contribution in [0.4, 0.5) is 17.3 Å². The SMILES string of the molecule is O=C(NNc1ncnc(NCCN2CCCCC2)c1[N+](=O)[O-])c1ccccc1Cl. The predicted octanol–water partition coefficient (Wildman–Crippen LogP) is 2.69. The van der Waals surface area contributed by atoms with Crippen molar-refractivity contribution in [2.75, 3.05) is 36.9 Å². The predicted molar refractivity (Wildman–Crippen MR) is 110 cm³/mol. The Bertz CT molecular complexity index is 874. The molecule has 2 heterocycles. The monoisotopic (exact) mass is 419 g/mol. The molecule has 0 spiro atoms. The maximum Gasteiger partial charge on any atom is 0.354 e. The molecule has 3 rings (SSSR count). The smallest absolute Gasteiger partial charge is 0.354 e. The van der Waals surface area contributed by atoms with Gasteiger partial charge in [-0.1, -0.05) is 30.2 Å². The highest BCUT2D eigenvalue weighted by atomic mass is 35.5. The van der Waals surface area contributed by atoms with Crippen LogP contribution in [-0.2, 0) is 0 Å². The molecule has 3 N–H and O–H groups in total. The molecule has 1 aromatic heterocycles. The van der Waals surface area contributed by atoms with E-state index in [9.17, 15) is 14.9 Å². The molecule has 0 bridgehead atoms. The first-order chi connectivity index (χ1) is 14.1. The molecule has 29 heavy (non-hydrogen) atoms. The van der Waals surface area contributed by atoms with Gasteiger partial charge in [0.1, 0.15) is 6.33 Å². The molecule has 10 nitrogen and oxygen atoms in total. The lowest BCUT2D eigenvalue weighted by molar-refractivity contribution is -0.383. The van der Waals surface area contributed by atoms with E-state index in [2.05, 4.69) is 31.0 Å². The maximum atomic E-state index is 12.3. The summed E-state index contributed by atoms with van der Waals surface area (Å²) in [4.78, 5) is 33.4. The van der Waals surface area contributed by atoms with Crippen molar-refractivity contribution in [3.8, 4) is 0 Å². The Morgan fingerprint density at radius 2 is 1.90 bits per heavy atom. The first-order valence-electron chi connectivity index (χ1n) is 9.33. The van der Waals surface area contributed by atoms with Crippen LogP contribution in [0.1, 0.15) is 29.6 Å². The summed E-state index contributed by atoms with van der Waals surface area (Å²) in [6, 6.07) is 6.48. The largest absolute Gasteiger partial charge is 0.363 e. The van der Waals surface area contributed by atoms with Crippen LogP contribution >= 0.6 is 11.6 Å². The highest BCUT2D eigenvalue weighted by molar-refractivity contribution is 6.33. The van der Waals surface area contributed by atoms with Crippen molar-refractivity contribution in [3.05, 3.63) is 51.3 Å². The number of benzene rings is 1. The van der Waals surface area contributed by atoms with Crippen molar-refractivity contribution in [1.29, 1.82) is 0 Å². The van der Waals surface area contributed by atoms with Crippen LogP contribution in [0.15, 0.2) is 30.6 Å². The molecule has 11 heteroatoms. The van der Waals surface area contributed by atoms with Gasteiger partial charge in [-0.05, 0) is 38.1 Å². The van der Waals surface area contributed by atoms with Crippen molar-refractivity contribution in [3.63, 3.8) is 0 Å². The van der Waals surface area contributed by atoms with Crippen molar-refractivity contribution in [2.45, 2.75) is 19.3 Å². The molecule has 0 saturated carbocycles. The van der Waals surface area contributed by atoms with E-state index in [1.807, 2.05) is 0 Å². The number of piperidine rings is 1. The minimum absolute atomic E-state index is 0.0940. The topological polar surface area (TPSA) is 125 Å². The van der Waals surface area contributed by atoms with Crippen LogP contribution in [0, 0.1) is 10.1 Å². The third-order valence-corrected chi connectivity index (χ3v) is 4.92. The van der Waals surface area contributed by atoms with Gasteiger partial charge in [0.15, 0.2) is 0 Å². The van der Waals surface area contributed by atoms with Crippen LogP contribution in [0.25, 0.3) is 0 Å². The fourth-order valence-corrected chi connectivity index (χ4v) is 3.34. The van der Waals surface area contributed by atoms with Crippen molar-refractivity contribution in [2.24, 2.45) is 0 Å². The number of carbonyl (C=O) groups is 1. The van der Waals surface area contributed by atoms with Gasteiger partial charge in [-0.25, -0.2) is 9.97 Å². The van der Waals surface area contributed by atoms with Gasteiger partial charge in [0.25, 0.3) is 5.91 Å². The van der Waals surface area contributed by atoms with Crippen LogP contribution in [0.3, 0.4) is 0 Å². The van der Waals surface area contributed by atoms with Crippen LogP contribution in [0.2, 0.25) is 5.02 Å². The van der Waals surface area contributed by atoms with Gasteiger partial charge in [0.05, 0.1) is 15.5 Å². The third-order valence-electron chi connectivity index (χ3n) is 4.59. The summed E-state index contributed by atoms with van der Waals surface area (Å²) < 4.78 is 0. The minimum Gasteiger partial charge on any atom is -0.363 e. The number of nitrogens with zero attached hydrogens (tertiary/aromatic N) is 4. The van der Waals surface area contributed by atoms with E-state index in [0.717, 1.165) is 19.6 Å². The number of likely N-dealkylation sites (tertiary alicyclic amines) is 1. The summed E-state index contributed by atoms with van der Waals surface area (Å²) in [5.41, 5.74) is 4.77. The van der Waals surface area contributed by atoms with E-state index in [4.69, 9.17) is 11.6 Å². The van der Waals surface area contributed by atoms with Crippen LogP contribution in [-0.4, -0.2) is 51.9 Å². The number of amides is 1. The molecule has 154 valence electrons. The van der Waals surface area contributed by atoms with Gasteiger partial charge in [0, 0.05) is 13.1 Å². The van der Waals surface area contributed by atoms with E-state index >= 15 is 0 Å². The normalized spacial score (nSPS) is 14.2. The second-order valence-corrected chi connectivity index (χ2v) is 6.97. The zero-order valence-electron chi connectivity index (χ0n) is 15.7. The van der Waals surface area contributed by atoms with Gasteiger partial charge in [-0.3, -0.25) is 25.8 Å². The minimum atomic E-state index is -0.590. The molecule has 1 fully saturated rings. The molecule has 0 atom stereocenters. The zero-order chi connectivity index (χ0) is 20.6. The summed E-state index contributed by atoms with van der Waals surface area (Å²) in [6.07, 6.45) is 4.79. The molecule has 1 aromatic carbocycles. The fourth-order valence-electron chi connectivity index (χ4n) is 3.12. The summed E-state index contributed by atoms with van der Waals surface area (Å²) in [5.74, 6) is -0.564. The number of halogens is 1. The Morgan fingerprint density at radius 1 is 1.17 bits per heavy atom. The van der Waals surface area contributed by atoms with Gasteiger partial charge in [-0.15, -0.1) is 0 Å². The number of anilines is 2. The fraction of sp³-hybridized carbons (Fsp3) is 0.389. The van der Waals surface area contributed by atoms with E-state index in [-0.39, 0.29) is 27.9 Å². The number of nitro groups is 1. The summed E-state index contributed by atoms with van der Waals surface area (Å²) in [7, 11) is 0. The second-order valence-electron chi connectivity index (χ2n) is 6.56. The van der Waals surface area contributed by atoms with Gasteiger partial charge >= 0.3 is 5.69 Å². The molecule has 1 aliphatic rings. The zero-order valence-corrected chi connectivity index (χ0v) is 16.5. The van der Waals surface area contributed by atoms with Crippen molar-refractivity contribution < 1.29 is 9.72 Å². The Labute approximate surface area is 172 Å². The van der Waals surface area contributed by atoms with Gasteiger partial charge in [-0.2, -0.15) is 0 Å². The molecular weight excluding hydrogens is 398 g/mol. The van der Waals surface area contributed by atoms with E-state index in [1.165, 1.54) is 25.6 Å². The molecule has 0 aliphatic carbocycles. The van der Waals surface area contributed by atoms with Crippen molar-refractivity contribution in [1.82, 2.24) is 20.3 Å². The quantitative estimate of drug-likeness (QED) is 0.440. The first kappa shape index (κ1) is 20.7. The highest BCUT2D eigenvalue weighted by Crippen LogP contribution is 2.28. The van der Waals surface area contributed by atoms with Crippen LogP contribution in [0.5, 0.6) is 0 Å².